The van der Waals surface area contributed by atoms with Gasteiger partial charge in [-0.05, 0) is 54.5 Å². The minimum atomic E-state index is -0.463. The molecule has 0 fully saturated rings. The zero-order valence-corrected chi connectivity index (χ0v) is 15.4. The van der Waals surface area contributed by atoms with Crippen LogP contribution in [0.1, 0.15) is 31.7 Å². The maximum absolute atomic E-state index is 12.2. The third-order valence-electron chi connectivity index (χ3n) is 3.67. The van der Waals surface area contributed by atoms with Gasteiger partial charge in [0, 0.05) is 10.7 Å². The number of rotatable bonds is 8. The SMILES string of the molecule is CCCCCOc1ccc(/C=C(\C#N)C(=O)Nc2ccc(Cl)cc2)cc1. The topological polar surface area (TPSA) is 62.1 Å². The van der Waals surface area contributed by atoms with Crippen molar-refractivity contribution in [2.24, 2.45) is 0 Å². The lowest BCUT2D eigenvalue weighted by atomic mass is 10.1. The Morgan fingerprint density at radius 3 is 2.46 bits per heavy atom. The van der Waals surface area contributed by atoms with Crippen molar-refractivity contribution >= 4 is 29.3 Å². The van der Waals surface area contributed by atoms with Crippen molar-refractivity contribution < 1.29 is 9.53 Å². The highest BCUT2D eigenvalue weighted by molar-refractivity contribution is 6.30. The van der Waals surface area contributed by atoms with Crippen LogP contribution in [0.15, 0.2) is 54.1 Å². The van der Waals surface area contributed by atoms with Crippen molar-refractivity contribution in [3.8, 4) is 11.8 Å². The Hall–Kier alpha value is -2.77. The van der Waals surface area contributed by atoms with Crippen LogP contribution in [0, 0.1) is 11.3 Å². The molecule has 0 heterocycles. The van der Waals surface area contributed by atoms with Gasteiger partial charge in [-0.3, -0.25) is 4.79 Å². The second kappa shape index (κ2) is 10.3. The number of amides is 1. The molecule has 134 valence electrons. The molecule has 26 heavy (non-hydrogen) atoms. The molecule has 0 aliphatic carbocycles. The molecule has 2 aromatic carbocycles. The minimum absolute atomic E-state index is 0.0246. The number of nitrogens with zero attached hydrogens (tertiary/aromatic N) is 1. The highest BCUT2D eigenvalue weighted by atomic mass is 35.5. The van der Waals surface area contributed by atoms with Crippen molar-refractivity contribution in [1.82, 2.24) is 0 Å². The van der Waals surface area contributed by atoms with E-state index in [1.54, 1.807) is 30.3 Å². The highest BCUT2D eigenvalue weighted by Crippen LogP contribution is 2.17. The molecule has 0 saturated heterocycles. The first-order valence-corrected chi connectivity index (χ1v) is 8.91. The summed E-state index contributed by atoms with van der Waals surface area (Å²) in [7, 11) is 0. The quantitative estimate of drug-likeness (QED) is 0.382. The van der Waals surface area contributed by atoms with E-state index < -0.39 is 5.91 Å². The Labute approximate surface area is 159 Å². The number of carbonyl (C=O) groups excluding carboxylic acids is 1. The van der Waals surface area contributed by atoms with Gasteiger partial charge in [-0.25, -0.2) is 0 Å². The molecular weight excluding hydrogens is 348 g/mol. The van der Waals surface area contributed by atoms with Gasteiger partial charge in [-0.15, -0.1) is 0 Å². The molecule has 0 spiro atoms. The Bertz CT molecular complexity index is 790. The molecule has 1 N–H and O–H groups in total. The number of unbranched alkanes of at least 4 members (excludes halogenated alkanes) is 2. The number of hydrogen-bond donors (Lipinski definition) is 1. The van der Waals surface area contributed by atoms with Gasteiger partial charge in [-0.1, -0.05) is 43.5 Å². The molecule has 5 heteroatoms. The van der Waals surface area contributed by atoms with E-state index >= 15 is 0 Å². The molecular formula is C21H21ClN2O2. The normalized spacial score (nSPS) is 10.9. The molecule has 4 nitrogen and oxygen atoms in total. The Kier molecular flexibility index (Phi) is 7.73. The van der Waals surface area contributed by atoms with Crippen molar-refractivity contribution in [2.45, 2.75) is 26.2 Å². The van der Waals surface area contributed by atoms with Crippen LogP contribution in [0.3, 0.4) is 0 Å². The Morgan fingerprint density at radius 2 is 1.85 bits per heavy atom. The van der Waals surface area contributed by atoms with E-state index in [0.717, 1.165) is 30.6 Å². The maximum atomic E-state index is 12.2. The summed E-state index contributed by atoms with van der Waals surface area (Å²) in [6.45, 7) is 2.84. The van der Waals surface area contributed by atoms with Gasteiger partial charge in [0.2, 0.25) is 0 Å². The predicted octanol–water partition coefficient (Wildman–Crippen LogP) is 5.45. The molecule has 2 aromatic rings. The smallest absolute Gasteiger partial charge is 0.266 e. The summed E-state index contributed by atoms with van der Waals surface area (Å²) < 4.78 is 5.65. The lowest BCUT2D eigenvalue weighted by Gasteiger charge is -2.06. The van der Waals surface area contributed by atoms with Crippen LogP contribution in [-0.2, 0) is 4.79 Å². The lowest BCUT2D eigenvalue weighted by molar-refractivity contribution is -0.112. The summed E-state index contributed by atoms with van der Waals surface area (Å²) in [5, 5.41) is 12.5. The van der Waals surface area contributed by atoms with Gasteiger partial charge in [0.25, 0.3) is 5.91 Å². The molecule has 0 aromatic heterocycles. The van der Waals surface area contributed by atoms with E-state index in [4.69, 9.17) is 16.3 Å². The van der Waals surface area contributed by atoms with Crippen LogP contribution in [0.25, 0.3) is 6.08 Å². The summed E-state index contributed by atoms with van der Waals surface area (Å²) in [4.78, 5) is 12.2. The summed E-state index contributed by atoms with van der Waals surface area (Å²) in [6, 6.07) is 16.0. The number of halogens is 1. The van der Waals surface area contributed by atoms with Crippen LogP contribution >= 0.6 is 11.6 Å². The Balaban J connectivity index is 1.99. The summed E-state index contributed by atoms with van der Waals surface area (Å²) in [6.07, 6.45) is 4.88. The number of nitrogens with one attached hydrogen (secondary N) is 1. The van der Waals surface area contributed by atoms with Gasteiger partial charge in [0.15, 0.2) is 0 Å². The molecule has 0 bridgehead atoms. The van der Waals surface area contributed by atoms with Crippen LogP contribution in [0.2, 0.25) is 5.02 Å². The summed E-state index contributed by atoms with van der Waals surface area (Å²) in [5.74, 6) is 0.317. The highest BCUT2D eigenvalue weighted by Gasteiger charge is 2.09. The fraction of sp³-hybridized carbons (Fsp3) is 0.238. The number of carbonyl (C=O) groups is 1. The van der Waals surface area contributed by atoms with E-state index in [0.29, 0.717) is 17.3 Å². The maximum Gasteiger partial charge on any atom is 0.266 e. The number of benzene rings is 2. The molecule has 0 radical (unpaired) electrons. The van der Waals surface area contributed by atoms with Gasteiger partial charge in [0.1, 0.15) is 17.4 Å². The van der Waals surface area contributed by atoms with Crippen LogP contribution < -0.4 is 10.1 Å². The molecule has 1 amide bonds. The molecule has 0 saturated carbocycles. The average molecular weight is 369 g/mol. The number of ether oxygens (including phenoxy) is 1. The minimum Gasteiger partial charge on any atom is -0.494 e. The second-order valence-electron chi connectivity index (χ2n) is 5.76. The molecule has 0 aliphatic heterocycles. The van der Waals surface area contributed by atoms with E-state index in [1.807, 2.05) is 30.3 Å². The van der Waals surface area contributed by atoms with Gasteiger partial charge >= 0.3 is 0 Å². The fourth-order valence-electron chi connectivity index (χ4n) is 2.25. The standard InChI is InChI=1S/C21H21ClN2O2/c1-2-3-4-13-26-20-11-5-16(6-12-20)14-17(15-23)21(25)24-19-9-7-18(22)8-10-19/h5-12,14H,2-4,13H2,1H3,(H,24,25)/b17-14+. The first-order chi connectivity index (χ1) is 12.6. The third kappa shape index (κ3) is 6.27. The van der Waals surface area contributed by atoms with Crippen LogP contribution in [-0.4, -0.2) is 12.5 Å². The lowest BCUT2D eigenvalue weighted by Crippen LogP contribution is -2.13. The summed E-state index contributed by atoms with van der Waals surface area (Å²) in [5.41, 5.74) is 1.36. The number of nitriles is 1. The zero-order valence-electron chi connectivity index (χ0n) is 14.7. The molecule has 0 atom stereocenters. The monoisotopic (exact) mass is 368 g/mol. The Morgan fingerprint density at radius 1 is 1.15 bits per heavy atom. The van der Waals surface area contributed by atoms with Gasteiger partial charge in [0.05, 0.1) is 6.61 Å². The number of hydrogen-bond acceptors (Lipinski definition) is 3. The van der Waals surface area contributed by atoms with Gasteiger partial charge < -0.3 is 10.1 Å². The van der Waals surface area contributed by atoms with Crippen LogP contribution in [0.5, 0.6) is 5.75 Å². The van der Waals surface area contributed by atoms with Crippen molar-refractivity contribution in [2.75, 3.05) is 11.9 Å². The van der Waals surface area contributed by atoms with E-state index in [9.17, 15) is 10.1 Å². The summed E-state index contributed by atoms with van der Waals surface area (Å²) >= 11 is 5.82. The molecule has 2 rings (SSSR count). The average Bonchev–Trinajstić information content (AvgIpc) is 2.66. The first kappa shape index (κ1) is 19.6. The van der Waals surface area contributed by atoms with Crippen molar-refractivity contribution in [3.05, 3.63) is 64.7 Å². The van der Waals surface area contributed by atoms with Gasteiger partial charge in [-0.2, -0.15) is 5.26 Å². The van der Waals surface area contributed by atoms with Crippen LogP contribution in [0.4, 0.5) is 5.69 Å². The van der Waals surface area contributed by atoms with E-state index in [-0.39, 0.29) is 5.57 Å². The van der Waals surface area contributed by atoms with Crippen molar-refractivity contribution in [3.63, 3.8) is 0 Å². The molecule has 0 unspecified atom stereocenters. The number of anilines is 1. The predicted molar refractivity (Wildman–Crippen MR) is 105 cm³/mol. The van der Waals surface area contributed by atoms with Crippen molar-refractivity contribution in [1.29, 1.82) is 5.26 Å². The molecule has 0 aliphatic rings. The van der Waals surface area contributed by atoms with E-state index in [2.05, 4.69) is 12.2 Å². The zero-order chi connectivity index (χ0) is 18.8. The fourth-order valence-corrected chi connectivity index (χ4v) is 2.38. The largest absolute Gasteiger partial charge is 0.494 e. The van der Waals surface area contributed by atoms with E-state index in [1.165, 1.54) is 0 Å². The second-order valence-corrected chi connectivity index (χ2v) is 6.19. The third-order valence-corrected chi connectivity index (χ3v) is 3.93. The first-order valence-electron chi connectivity index (χ1n) is 8.54.